The maximum atomic E-state index is 13.7. The van der Waals surface area contributed by atoms with E-state index in [1.807, 2.05) is 0 Å². The highest BCUT2D eigenvalue weighted by Gasteiger charge is 2.29. The van der Waals surface area contributed by atoms with Crippen molar-refractivity contribution in [3.05, 3.63) is 24.0 Å². The van der Waals surface area contributed by atoms with Crippen molar-refractivity contribution in [2.45, 2.75) is 50.8 Å². The van der Waals surface area contributed by atoms with Crippen molar-refractivity contribution in [2.24, 2.45) is 5.92 Å². The molecule has 2 rings (SSSR count). The van der Waals surface area contributed by atoms with Gasteiger partial charge in [-0.15, -0.1) is 0 Å². The lowest BCUT2D eigenvalue weighted by atomic mass is 9.86. The van der Waals surface area contributed by atoms with E-state index in [4.69, 9.17) is 4.74 Å². The van der Waals surface area contributed by atoms with Crippen LogP contribution in [0.15, 0.2) is 18.2 Å². The van der Waals surface area contributed by atoms with Gasteiger partial charge in [-0.1, -0.05) is 0 Å². The van der Waals surface area contributed by atoms with Gasteiger partial charge in [0, 0.05) is 23.7 Å². The largest absolute Gasteiger partial charge is 0.494 e. The van der Waals surface area contributed by atoms with Crippen LogP contribution in [0.5, 0.6) is 5.75 Å². The van der Waals surface area contributed by atoms with Gasteiger partial charge < -0.3 is 10.1 Å². The van der Waals surface area contributed by atoms with Crippen LogP contribution in [0.3, 0.4) is 0 Å². The Labute approximate surface area is 148 Å². The number of sulfonamides is 1. The molecule has 0 saturated heterocycles. The minimum atomic E-state index is -3.30. The summed E-state index contributed by atoms with van der Waals surface area (Å²) in [4.78, 5) is 12.3. The summed E-state index contributed by atoms with van der Waals surface area (Å²) in [6.45, 7) is 3.27. The monoisotopic (exact) mass is 372 g/mol. The lowest BCUT2D eigenvalue weighted by Crippen LogP contribution is -2.42. The Bertz CT molecular complexity index is 713. The maximum absolute atomic E-state index is 13.7. The molecule has 1 aliphatic carbocycles. The molecule has 1 aliphatic rings. The quantitative estimate of drug-likeness (QED) is 0.804. The van der Waals surface area contributed by atoms with Crippen molar-refractivity contribution in [3.63, 3.8) is 0 Å². The Hall–Kier alpha value is -1.67. The van der Waals surface area contributed by atoms with E-state index in [9.17, 15) is 17.6 Å². The van der Waals surface area contributed by atoms with E-state index in [0.717, 1.165) is 0 Å². The zero-order chi connectivity index (χ0) is 18.6. The Morgan fingerprint density at radius 2 is 1.88 bits per heavy atom. The number of methoxy groups -OCH3 is 1. The number of hydrogen-bond donors (Lipinski definition) is 2. The van der Waals surface area contributed by atoms with Crippen LogP contribution in [0, 0.1) is 11.7 Å². The average Bonchev–Trinajstić information content (AvgIpc) is 2.55. The van der Waals surface area contributed by atoms with Crippen LogP contribution in [0.2, 0.25) is 0 Å². The second kappa shape index (κ2) is 8.14. The molecule has 0 radical (unpaired) electrons. The number of amides is 1. The van der Waals surface area contributed by atoms with Gasteiger partial charge in [0.1, 0.15) is 0 Å². The summed E-state index contributed by atoms with van der Waals surface area (Å²) in [6.07, 6.45) is 2.41. The van der Waals surface area contributed by atoms with Gasteiger partial charge in [0.15, 0.2) is 11.6 Å². The van der Waals surface area contributed by atoms with E-state index < -0.39 is 21.1 Å². The van der Waals surface area contributed by atoms with Crippen LogP contribution in [-0.4, -0.2) is 32.7 Å². The second-order valence-corrected chi connectivity index (χ2v) is 8.87. The van der Waals surface area contributed by atoms with Crippen molar-refractivity contribution < 1.29 is 22.3 Å². The standard InChI is InChI=1S/C17H25FN2O4S/c1-11(2)25(22,23)20-13-6-4-12(5-7-13)17(21)19-14-8-9-16(24-3)15(18)10-14/h8-13,20H,4-7H2,1-3H3,(H,19,21)/t12-,13-. The Balaban J connectivity index is 1.88. The molecular formula is C17H25FN2O4S. The lowest BCUT2D eigenvalue weighted by Gasteiger charge is -2.28. The number of nitrogens with one attached hydrogen (secondary N) is 2. The van der Waals surface area contributed by atoms with Crippen molar-refractivity contribution in [2.75, 3.05) is 12.4 Å². The highest BCUT2D eigenvalue weighted by molar-refractivity contribution is 7.90. The van der Waals surface area contributed by atoms with Crippen molar-refractivity contribution >= 4 is 21.6 Å². The second-order valence-electron chi connectivity index (χ2n) is 6.60. The van der Waals surface area contributed by atoms with Crippen LogP contribution in [0.4, 0.5) is 10.1 Å². The van der Waals surface area contributed by atoms with E-state index in [2.05, 4.69) is 10.0 Å². The number of halogens is 1. The maximum Gasteiger partial charge on any atom is 0.227 e. The predicted octanol–water partition coefficient (Wildman–Crippen LogP) is 2.66. The lowest BCUT2D eigenvalue weighted by molar-refractivity contribution is -0.120. The van der Waals surface area contributed by atoms with Crippen LogP contribution in [0.1, 0.15) is 39.5 Å². The third-order valence-corrected chi connectivity index (χ3v) is 6.37. The topological polar surface area (TPSA) is 84.5 Å². The zero-order valence-electron chi connectivity index (χ0n) is 14.7. The number of ether oxygens (including phenoxy) is 1. The SMILES string of the molecule is COc1ccc(NC(=O)[C@H]2CC[C@H](NS(=O)(=O)C(C)C)CC2)cc1F. The number of rotatable bonds is 6. The first-order valence-electron chi connectivity index (χ1n) is 8.38. The van der Waals surface area contributed by atoms with Gasteiger partial charge in [0.05, 0.1) is 12.4 Å². The zero-order valence-corrected chi connectivity index (χ0v) is 15.5. The molecule has 1 saturated carbocycles. The number of carbonyl (C=O) groups is 1. The number of carbonyl (C=O) groups excluding carboxylic acids is 1. The van der Waals surface area contributed by atoms with Gasteiger partial charge in [-0.3, -0.25) is 4.79 Å². The molecule has 140 valence electrons. The van der Waals surface area contributed by atoms with Crippen LogP contribution < -0.4 is 14.8 Å². The van der Waals surface area contributed by atoms with E-state index in [1.54, 1.807) is 19.9 Å². The van der Waals surface area contributed by atoms with Crippen LogP contribution in [-0.2, 0) is 14.8 Å². The molecule has 6 nitrogen and oxygen atoms in total. The first kappa shape index (κ1) is 19.7. The highest BCUT2D eigenvalue weighted by Crippen LogP contribution is 2.27. The van der Waals surface area contributed by atoms with Crippen LogP contribution >= 0.6 is 0 Å². The Morgan fingerprint density at radius 3 is 2.40 bits per heavy atom. The molecule has 0 bridgehead atoms. The molecule has 0 heterocycles. The summed E-state index contributed by atoms with van der Waals surface area (Å²) in [5.74, 6) is -0.789. The average molecular weight is 372 g/mol. The van der Waals surface area contributed by atoms with E-state index >= 15 is 0 Å². The third kappa shape index (κ3) is 5.15. The van der Waals surface area contributed by atoms with Gasteiger partial charge in [0.25, 0.3) is 0 Å². The molecule has 8 heteroatoms. The fraction of sp³-hybridized carbons (Fsp3) is 0.588. The smallest absolute Gasteiger partial charge is 0.227 e. The van der Waals surface area contributed by atoms with Crippen molar-refractivity contribution in [3.8, 4) is 5.75 Å². The molecule has 1 fully saturated rings. The summed E-state index contributed by atoms with van der Waals surface area (Å²) in [7, 11) is -1.92. The molecule has 0 spiro atoms. The van der Waals surface area contributed by atoms with E-state index in [-0.39, 0.29) is 23.6 Å². The molecule has 1 aromatic carbocycles. The summed E-state index contributed by atoms with van der Waals surface area (Å²) in [6, 6.07) is 4.14. The fourth-order valence-corrected chi connectivity index (χ4v) is 3.80. The number of anilines is 1. The molecule has 1 amide bonds. The first-order chi connectivity index (χ1) is 11.7. The van der Waals surface area contributed by atoms with Gasteiger partial charge in [-0.25, -0.2) is 17.5 Å². The summed E-state index contributed by atoms with van der Waals surface area (Å²) in [5, 5.41) is 2.24. The highest BCUT2D eigenvalue weighted by atomic mass is 32.2. The van der Waals surface area contributed by atoms with Gasteiger partial charge >= 0.3 is 0 Å². The molecule has 0 aromatic heterocycles. The Kier molecular flexibility index (Phi) is 6.40. The first-order valence-corrected chi connectivity index (χ1v) is 9.93. The van der Waals surface area contributed by atoms with Gasteiger partial charge in [0.2, 0.25) is 15.9 Å². The summed E-state index contributed by atoms with van der Waals surface area (Å²) >= 11 is 0. The summed E-state index contributed by atoms with van der Waals surface area (Å²) < 4.78 is 45.0. The van der Waals surface area contributed by atoms with E-state index in [1.165, 1.54) is 19.2 Å². The molecule has 2 N–H and O–H groups in total. The molecular weight excluding hydrogens is 347 g/mol. The molecule has 0 aliphatic heterocycles. The van der Waals surface area contributed by atoms with Crippen molar-refractivity contribution in [1.29, 1.82) is 0 Å². The minimum absolute atomic E-state index is 0.121. The summed E-state index contributed by atoms with van der Waals surface area (Å²) in [5.41, 5.74) is 0.380. The number of hydrogen-bond acceptors (Lipinski definition) is 4. The third-order valence-electron chi connectivity index (χ3n) is 4.47. The Morgan fingerprint density at radius 1 is 1.24 bits per heavy atom. The van der Waals surface area contributed by atoms with Gasteiger partial charge in [-0.05, 0) is 51.7 Å². The van der Waals surface area contributed by atoms with Gasteiger partial charge in [-0.2, -0.15) is 0 Å². The van der Waals surface area contributed by atoms with Crippen molar-refractivity contribution in [1.82, 2.24) is 4.72 Å². The molecule has 25 heavy (non-hydrogen) atoms. The normalized spacial score (nSPS) is 21.2. The van der Waals surface area contributed by atoms with E-state index in [0.29, 0.717) is 31.4 Å². The molecule has 0 atom stereocenters. The molecule has 0 unspecified atom stereocenters. The fourth-order valence-electron chi connectivity index (χ4n) is 2.83. The molecule has 1 aromatic rings. The van der Waals surface area contributed by atoms with Crippen LogP contribution in [0.25, 0.3) is 0 Å². The minimum Gasteiger partial charge on any atom is -0.494 e. The number of benzene rings is 1. The predicted molar refractivity (Wildman–Crippen MR) is 94.5 cm³/mol.